The number of carbonyl (C=O) groups excluding carboxylic acids is 16. The summed E-state index contributed by atoms with van der Waals surface area (Å²) in [6.07, 6.45) is 1.31. The number of carbonyl (C=O) groups is 16. The minimum Gasteiger partial charge on any atom is -0.857 e. The van der Waals surface area contributed by atoms with Gasteiger partial charge < -0.3 is 72.5 Å². The molecule has 0 radical (unpaired) electrons. The van der Waals surface area contributed by atoms with Crippen LogP contribution in [-0.4, -0.2) is 287 Å². The number of rotatable bonds is 34. The predicted molar refractivity (Wildman–Crippen MR) is 478 cm³/mol. The molecule has 0 spiro atoms. The first-order chi connectivity index (χ1) is 58.8. The van der Waals surface area contributed by atoms with E-state index in [0.717, 1.165) is 38.0 Å². The molecule has 4 N–H and O–H groups in total. The number of aromatic nitrogens is 3. The Morgan fingerprint density at radius 1 is 0.586 bits per heavy atom. The van der Waals surface area contributed by atoms with Crippen LogP contribution in [0.3, 0.4) is 0 Å². The fourth-order valence-electron chi connectivity index (χ4n) is 8.85. The van der Waals surface area contributed by atoms with E-state index in [2.05, 4.69) is 111 Å². The zero-order valence-electron chi connectivity index (χ0n) is 81.2. The summed E-state index contributed by atoms with van der Waals surface area (Å²) in [7, 11) is 1.89. The molecule has 0 aliphatic carbocycles. The molecule has 3 heterocycles. The Kier molecular flexibility index (Phi) is 77.6. The molecule has 1 fully saturated rings. The molecule has 4 unspecified atom stereocenters. The number of aromatic hydroxyl groups is 1. The third kappa shape index (κ3) is 70.1. The van der Waals surface area contributed by atoms with Gasteiger partial charge in [0.05, 0.1) is 137 Å². The summed E-state index contributed by atoms with van der Waals surface area (Å²) in [6.45, 7) is 38.1. The number of aryl methyl sites for hydroxylation is 1. The smallest absolute Gasteiger partial charge is 0.857 e. The van der Waals surface area contributed by atoms with Crippen molar-refractivity contribution in [3.63, 3.8) is 0 Å². The van der Waals surface area contributed by atoms with E-state index in [4.69, 9.17) is 35.4 Å². The average molecular weight is 1900 g/mol. The summed E-state index contributed by atoms with van der Waals surface area (Å²) in [6, 6.07) is 6.82. The van der Waals surface area contributed by atoms with Crippen molar-refractivity contribution in [1.29, 1.82) is 0 Å². The van der Waals surface area contributed by atoms with Gasteiger partial charge >= 0.3 is 58.9 Å². The van der Waals surface area contributed by atoms with Crippen LogP contribution in [0.5, 0.6) is 5.75 Å². The van der Waals surface area contributed by atoms with Crippen LogP contribution in [0.25, 0.3) is 11.3 Å². The van der Waals surface area contributed by atoms with E-state index in [-0.39, 0.29) is 205 Å². The maximum absolute atomic E-state index is 13.2. The van der Waals surface area contributed by atoms with Crippen LogP contribution in [0, 0.1) is 12.7 Å². The number of ether oxygens (including phenoxy) is 7. The van der Waals surface area contributed by atoms with Gasteiger partial charge in [-0.05, 0) is 141 Å². The molecule has 4 rings (SSSR count). The zero-order valence-corrected chi connectivity index (χ0v) is 84.4. The van der Waals surface area contributed by atoms with E-state index >= 15 is 0 Å². The number of benzene rings is 1. The number of aliphatic hydroxyl groups excluding tert-OH is 2. The molecule has 37 nitrogen and oxygen atoms in total. The van der Waals surface area contributed by atoms with Crippen molar-refractivity contribution in [1.82, 2.24) is 15.0 Å². The maximum Gasteiger partial charge on any atom is 2.00 e. The number of nitrogens with one attached hydrogen (secondary N) is 1. The Balaban J connectivity index is -0.000000157. The van der Waals surface area contributed by atoms with Crippen molar-refractivity contribution in [2.75, 3.05) is 94.9 Å². The number of hydrogen-bond acceptors (Lipinski definition) is 35. The monoisotopic (exact) mass is 1900 g/mol. The number of hydrogen-bond donors (Lipinski definition) is 4. The van der Waals surface area contributed by atoms with Crippen LogP contribution < -0.4 is 20.1 Å². The van der Waals surface area contributed by atoms with Crippen molar-refractivity contribution in [3.05, 3.63) is 69.0 Å². The number of Topliss-reactive ketones (excluding diaryl/α,β-unsaturated/α-hetero) is 9. The number of sulfonamides is 1. The Morgan fingerprint density at radius 2 is 0.906 bits per heavy atom. The molecule has 1 aliphatic heterocycles. The minimum absolute atomic E-state index is 0. The first kappa shape index (κ1) is 135. The minimum atomic E-state index is -3.56. The van der Waals surface area contributed by atoms with Crippen molar-refractivity contribution < 1.29 is 164 Å². The van der Waals surface area contributed by atoms with E-state index < -0.39 is 98.6 Å². The van der Waals surface area contributed by atoms with Gasteiger partial charge in [0.2, 0.25) is 16.0 Å². The standard InChI is InChI=1S/C16H18FN3O3S.2C13H26O4Si.C8H9NO3.2C7H12O4.2C7H10O4.C4H8O.CH3F.2CH3O.Mg.H2/c1-10(2)14-13(9-21)15(11-5-7-12(17)8-6-11)19-16(18-14)20(3)24(4,22)23;2*1-10(14)8-11(9-12(15)16-5)17-18(6,7)13(2,3)4;1-4-3-6(11)7(5(2)10)8(12)9-4;4*1-5(8)3-6(9)4-7(10)11-2;1-2-4-5-3-1;3*1-2;;/h5-10H,1-4H3;2*11H,8-9H2,1-7H3;3H,1-2H3,(H2,9,11,12);2*6,9H,3-4H2,1-2H3;2*3-4H2,1-2H3;1-4H2;3*1H3;;1H/q;;;;;;;;;;2*-1;+2;/i;;;;;;;;;1D;;;;. The SMILES string of the molecule is C1CCOC1.CC(=O)c1c(O)cc(C)[nH]c1=O.CC(C)c1nc(N(C)S(C)(=O)=O)nc(-c2ccc(F)cc2)c1C=O.COC(=O)CC(=O)CC(C)=O.COC(=O)CC(=O)CC(C)=O.COC(=O)CC(CC(C)=O)O[Si](C)(C)C(C)(C)C.COC(=O)CC(CC(C)=O)O[Si](C)(C)C(C)(C)C.COC(=O)CC(O)CC(C)=O.COC(=O)CC(O)CC(C)=O.C[O-].C[O-].[2H]CF.[HH].[Mg+2]. The number of pyridine rings is 1. The summed E-state index contributed by atoms with van der Waals surface area (Å²) >= 11 is 0. The summed E-state index contributed by atoms with van der Waals surface area (Å²) in [5, 5.41) is 43.8. The molecular weight excluding hydrogens is 1760 g/mol. The molecule has 0 bridgehead atoms. The van der Waals surface area contributed by atoms with Crippen molar-refractivity contribution in [2.24, 2.45) is 0 Å². The van der Waals surface area contributed by atoms with Gasteiger partial charge in [-0.15, -0.1) is 0 Å². The molecule has 3 aromatic rings. The molecule has 2 aromatic heterocycles. The molecule has 730 valence electrons. The maximum atomic E-state index is 13.2. The van der Waals surface area contributed by atoms with Gasteiger partial charge in [0, 0.05) is 58.6 Å². The third-order valence-electron chi connectivity index (χ3n) is 17.0. The number of H-pyrrole nitrogens is 1. The Labute approximate surface area is 773 Å². The van der Waals surface area contributed by atoms with E-state index in [0.29, 0.717) is 23.2 Å². The summed E-state index contributed by atoms with van der Waals surface area (Å²) in [5.41, 5.74) is 1.29. The molecule has 1 saturated heterocycles. The molecule has 1 aromatic carbocycles. The van der Waals surface area contributed by atoms with Gasteiger partial charge in [0.1, 0.15) is 64.7 Å². The Hall–Kier alpha value is -8.90. The van der Waals surface area contributed by atoms with Gasteiger partial charge in [0.25, 0.3) is 5.56 Å². The molecule has 0 amide bonds. The van der Waals surface area contributed by atoms with E-state index in [1.54, 1.807) is 6.92 Å². The van der Waals surface area contributed by atoms with Crippen molar-refractivity contribution >= 4 is 150 Å². The number of esters is 6. The second-order valence-corrected chi connectivity index (χ2v) is 42.5. The largest absolute Gasteiger partial charge is 2.00 e. The fraction of sp³-hybridized carbons (Fsp3) is 0.635. The Bertz CT molecular complexity index is 3960. The second kappa shape index (κ2) is 73.8. The number of methoxy groups -OCH3 is 6. The zero-order chi connectivity index (χ0) is 102. The van der Waals surface area contributed by atoms with Gasteiger partial charge in [-0.3, -0.25) is 85.9 Å². The quantitative estimate of drug-likeness (QED) is 0.0109. The number of ketones is 9. The average Bonchev–Trinajstić information content (AvgIpc) is 0.822. The van der Waals surface area contributed by atoms with Crippen LogP contribution in [0.4, 0.5) is 14.7 Å². The van der Waals surface area contributed by atoms with E-state index in [9.17, 15) is 104 Å². The summed E-state index contributed by atoms with van der Waals surface area (Å²) in [5.74, 6) is -5.63. The van der Waals surface area contributed by atoms with E-state index in [1.807, 2.05) is 13.8 Å². The van der Waals surface area contributed by atoms with Crippen molar-refractivity contribution in [3.8, 4) is 17.0 Å². The topological polar surface area (TPSA) is 559 Å². The molecule has 4 atom stereocenters. The first-order valence-electron chi connectivity index (χ1n) is 39.9. The summed E-state index contributed by atoms with van der Waals surface area (Å²) < 4.78 is 96.7. The van der Waals surface area contributed by atoms with Gasteiger partial charge in [-0.2, -0.15) is 14.2 Å². The molecular formula is C85H142F2MgN4O33SSi2. The van der Waals surface area contributed by atoms with Crippen LogP contribution in [0.1, 0.15) is 235 Å². The number of halogens is 2. The third-order valence-corrected chi connectivity index (χ3v) is 27.2. The molecule has 0 saturated carbocycles. The van der Waals surface area contributed by atoms with Crippen LogP contribution in [0.15, 0.2) is 35.1 Å². The molecule has 1 aliphatic rings. The number of alkyl halides is 1. The van der Waals surface area contributed by atoms with Crippen LogP contribution in [0.2, 0.25) is 36.3 Å². The van der Waals surface area contributed by atoms with Crippen molar-refractivity contribution in [2.45, 2.75) is 267 Å². The van der Waals surface area contributed by atoms with Crippen LogP contribution >= 0.6 is 0 Å². The normalized spacial score (nSPS) is 11.9. The van der Waals surface area contributed by atoms with Gasteiger partial charge in [-0.1, -0.05) is 55.4 Å². The molecule has 128 heavy (non-hydrogen) atoms. The van der Waals surface area contributed by atoms with E-state index in [1.165, 1.54) is 141 Å². The number of anilines is 1. The predicted octanol–water partition coefficient (Wildman–Crippen LogP) is 8.22. The number of aldehydes is 1. The second-order valence-electron chi connectivity index (χ2n) is 31.0. The first-order valence-corrected chi connectivity index (χ1v) is 46.9. The van der Waals surface area contributed by atoms with Crippen LogP contribution in [-0.2, 0) is 119 Å². The fourth-order valence-corrected chi connectivity index (χ4v) is 11.9. The van der Waals surface area contributed by atoms with Gasteiger partial charge in [0.15, 0.2) is 40.3 Å². The molecule has 43 heteroatoms. The number of aromatic amines is 1. The number of nitrogens with zero attached hydrogens (tertiary/aromatic N) is 3. The Morgan fingerprint density at radius 3 is 1.15 bits per heavy atom. The van der Waals surface area contributed by atoms with Gasteiger partial charge in [-0.25, -0.2) is 27.1 Å². The summed E-state index contributed by atoms with van der Waals surface area (Å²) in [4.78, 5) is 194. The number of aliphatic hydroxyl groups is 2.